The monoisotopic (exact) mass is 244 g/mol. The van der Waals surface area contributed by atoms with E-state index in [9.17, 15) is 0 Å². The summed E-state index contributed by atoms with van der Waals surface area (Å²) in [5.41, 5.74) is 1.27. The maximum absolute atomic E-state index is 3.53. The average molecular weight is 244 g/mol. The fourth-order valence-corrected chi connectivity index (χ4v) is 2.57. The highest BCUT2D eigenvalue weighted by atomic mass is 15.1. The number of nitrogens with zero attached hydrogens (tertiary/aromatic N) is 1. The van der Waals surface area contributed by atoms with Crippen molar-refractivity contribution in [3.8, 4) is 0 Å². The lowest BCUT2D eigenvalue weighted by Gasteiger charge is -2.29. The van der Waals surface area contributed by atoms with Crippen molar-refractivity contribution in [3.63, 3.8) is 0 Å². The van der Waals surface area contributed by atoms with E-state index in [2.05, 4.69) is 59.7 Å². The van der Waals surface area contributed by atoms with Crippen LogP contribution in [0.15, 0.2) is 36.4 Å². The van der Waals surface area contributed by atoms with E-state index in [1.165, 1.54) is 31.5 Å². The Morgan fingerprint density at radius 3 is 2.94 bits per heavy atom. The van der Waals surface area contributed by atoms with Crippen molar-refractivity contribution in [2.75, 3.05) is 33.2 Å². The lowest BCUT2D eigenvalue weighted by atomic mass is 9.98. The molecule has 1 aromatic carbocycles. The van der Waals surface area contributed by atoms with Gasteiger partial charge in [0.1, 0.15) is 0 Å². The number of hydrogen-bond donors (Lipinski definition) is 1. The van der Waals surface area contributed by atoms with Crippen LogP contribution in [-0.2, 0) is 0 Å². The van der Waals surface area contributed by atoms with E-state index in [-0.39, 0.29) is 0 Å². The molecule has 0 bridgehead atoms. The number of piperidine rings is 1. The van der Waals surface area contributed by atoms with Crippen molar-refractivity contribution in [3.05, 3.63) is 42.0 Å². The Balaban J connectivity index is 1.62. The molecule has 2 nitrogen and oxygen atoms in total. The Bertz CT molecular complexity index is 359. The van der Waals surface area contributed by atoms with Gasteiger partial charge in [-0.2, -0.15) is 0 Å². The molecule has 0 spiro atoms. The quantitative estimate of drug-likeness (QED) is 0.801. The molecule has 18 heavy (non-hydrogen) atoms. The molecule has 1 fully saturated rings. The van der Waals surface area contributed by atoms with Crippen LogP contribution in [-0.4, -0.2) is 38.1 Å². The molecule has 1 aliphatic rings. The van der Waals surface area contributed by atoms with Gasteiger partial charge in [0.05, 0.1) is 0 Å². The third-order valence-electron chi connectivity index (χ3n) is 3.53. The Hall–Kier alpha value is -1.12. The lowest BCUT2D eigenvalue weighted by Crippen LogP contribution is -2.37. The van der Waals surface area contributed by atoms with Crippen LogP contribution >= 0.6 is 0 Å². The van der Waals surface area contributed by atoms with Gasteiger partial charge >= 0.3 is 0 Å². The number of likely N-dealkylation sites (tertiary alicyclic amines) is 1. The molecule has 1 saturated heterocycles. The van der Waals surface area contributed by atoms with Crippen molar-refractivity contribution in [2.24, 2.45) is 5.92 Å². The van der Waals surface area contributed by atoms with Gasteiger partial charge in [0, 0.05) is 13.1 Å². The van der Waals surface area contributed by atoms with Crippen LogP contribution in [0.4, 0.5) is 0 Å². The van der Waals surface area contributed by atoms with Crippen LogP contribution < -0.4 is 5.32 Å². The SMILES string of the molecule is CN1CCCC(CNCC=Cc2ccccc2)C1. The van der Waals surface area contributed by atoms with Gasteiger partial charge in [-0.25, -0.2) is 0 Å². The zero-order chi connectivity index (χ0) is 12.6. The minimum Gasteiger partial charge on any atom is -0.313 e. The summed E-state index contributed by atoms with van der Waals surface area (Å²) in [5.74, 6) is 0.828. The summed E-state index contributed by atoms with van der Waals surface area (Å²) < 4.78 is 0. The van der Waals surface area contributed by atoms with E-state index < -0.39 is 0 Å². The van der Waals surface area contributed by atoms with Gasteiger partial charge in [-0.15, -0.1) is 0 Å². The molecule has 1 heterocycles. The average Bonchev–Trinajstić information content (AvgIpc) is 2.40. The van der Waals surface area contributed by atoms with E-state index in [1.807, 2.05) is 0 Å². The highest BCUT2D eigenvalue weighted by molar-refractivity contribution is 5.48. The largest absolute Gasteiger partial charge is 0.313 e. The molecule has 0 aromatic heterocycles. The van der Waals surface area contributed by atoms with Crippen molar-refractivity contribution in [2.45, 2.75) is 12.8 Å². The molecule has 1 aromatic rings. The fourth-order valence-electron chi connectivity index (χ4n) is 2.57. The van der Waals surface area contributed by atoms with Gasteiger partial charge in [-0.3, -0.25) is 0 Å². The summed E-state index contributed by atoms with van der Waals surface area (Å²) in [5, 5.41) is 3.53. The summed E-state index contributed by atoms with van der Waals surface area (Å²) in [6.45, 7) is 4.62. The zero-order valence-electron chi connectivity index (χ0n) is 11.3. The molecule has 2 rings (SSSR count). The molecule has 0 radical (unpaired) electrons. The van der Waals surface area contributed by atoms with Crippen LogP contribution in [0.5, 0.6) is 0 Å². The Labute approximate surface area is 111 Å². The predicted octanol–water partition coefficient (Wildman–Crippen LogP) is 2.63. The second-order valence-corrected chi connectivity index (χ2v) is 5.24. The third-order valence-corrected chi connectivity index (χ3v) is 3.53. The number of benzene rings is 1. The van der Waals surface area contributed by atoms with Gasteiger partial charge in [0.25, 0.3) is 0 Å². The number of nitrogens with one attached hydrogen (secondary N) is 1. The molecular weight excluding hydrogens is 220 g/mol. The number of hydrogen-bond acceptors (Lipinski definition) is 2. The van der Waals surface area contributed by atoms with Gasteiger partial charge in [-0.1, -0.05) is 42.5 Å². The second-order valence-electron chi connectivity index (χ2n) is 5.24. The van der Waals surface area contributed by atoms with E-state index >= 15 is 0 Å². The van der Waals surface area contributed by atoms with Crippen LogP contribution in [0, 0.1) is 5.92 Å². The van der Waals surface area contributed by atoms with Crippen molar-refractivity contribution in [1.29, 1.82) is 0 Å². The predicted molar refractivity (Wildman–Crippen MR) is 78.6 cm³/mol. The highest BCUT2D eigenvalue weighted by Crippen LogP contribution is 2.13. The smallest absolute Gasteiger partial charge is 0.0138 e. The third kappa shape index (κ3) is 4.63. The fraction of sp³-hybridized carbons (Fsp3) is 0.500. The van der Waals surface area contributed by atoms with Crippen LogP contribution in [0.25, 0.3) is 6.08 Å². The summed E-state index contributed by atoms with van der Waals surface area (Å²) in [6, 6.07) is 10.5. The summed E-state index contributed by atoms with van der Waals surface area (Å²) in [4.78, 5) is 2.44. The van der Waals surface area contributed by atoms with Crippen molar-refractivity contribution >= 4 is 6.08 Å². The maximum Gasteiger partial charge on any atom is 0.0138 e. The number of rotatable bonds is 5. The first-order chi connectivity index (χ1) is 8.84. The molecule has 1 atom stereocenters. The van der Waals surface area contributed by atoms with E-state index in [4.69, 9.17) is 0 Å². The van der Waals surface area contributed by atoms with Gasteiger partial charge < -0.3 is 10.2 Å². The Kier molecular flexibility index (Phi) is 5.43. The van der Waals surface area contributed by atoms with Crippen molar-refractivity contribution < 1.29 is 0 Å². The van der Waals surface area contributed by atoms with Crippen molar-refractivity contribution in [1.82, 2.24) is 10.2 Å². The molecule has 1 N–H and O–H groups in total. The standard InChI is InChI=1S/C16H24N2/c1-18-12-6-10-16(14-18)13-17-11-5-9-15-7-3-2-4-8-15/h2-5,7-9,16-17H,6,10-14H2,1H3. The second kappa shape index (κ2) is 7.34. The maximum atomic E-state index is 3.53. The Morgan fingerprint density at radius 2 is 2.17 bits per heavy atom. The van der Waals surface area contributed by atoms with E-state index in [1.54, 1.807) is 0 Å². The van der Waals surface area contributed by atoms with E-state index in [0.29, 0.717) is 0 Å². The molecule has 0 saturated carbocycles. The minimum absolute atomic E-state index is 0.828. The molecule has 0 amide bonds. The molecular formula is C16H24N2. The summed E-state index contributed by atoms with van der Waals surface area (Å²) in [7, 11) is 2.22. The molecule has 2 heteroatoms. The minimum atomic E-state index is 0.828. The van der Waals surface area contributed by atoms with Gasteiger partial charge in [-0.05, 0) is 44.5 Å². The topological polar surface area (TPSA) is 15.3 Å². The molecule has 1 unspecified atom stereocenters. The van der Waals surface area contributed by atoms with E-state index in [0.717, 1.165) is 19.0 Å². The van der Waals surface area contributed by atoms with Gasteiger partial charge in [0.15, 0.2) is 0 Å². The zero-order valence-corrected chi connectivity index (χ0v) is 11.3. The van der Waals surface area contributed by atoms with Crippen LogP contribution in [0.1, 0.15) is 18.4 Å². The molecule has 1 aliphatic heterocycles. The normalized spacial score (nSPS) is 21.5. The van der Waals surface area contributed by atoms with Crippen LogP contribution in [0.3, 0.4) is 0 Å². The van der Waals surface area contributed by atoms with Crippen LogP contribution in [0.2, 0.25) is 0 Å². The first kappa shape index (κ1) is 13.3. The first-order valence-corrected chi connectivity index (χ1v) is 6.95. The Morgan fingerprint density at radius 1 is 1.33 bits per heavy atom. The van der Waals surface area contributed by atoms with Gasteiger partial charge in [0.2, 0.25) is 0 Å². The highest BCUT2D eigenvalue weighted by Gasteiger charge is 2.15. The lowest BCUT2D eigenvalue weighted by molar-refractivity contribution is 0.207. The molecule has 98 valence electrons. The summed E-state index contributed by atoms with van der Waals surface area (Å²) in [6.07, 6.45) is 7.12. The molecule has 0 aliphatic carbocycles. The first-order valence-electron chi connectivity index (χ1n) is 6.95. The summed E-state index contributed by atoms with van der Waals surface area (Å²) >= 11 is 0.